The number of imidazole rings is 1. The van der Waals surface area contributed by atoms with E-state index in [4.69, 9.17) is 15.5 Å². The van der Waals surface area contributed by atoms with E-state index in [9.17, 15) is 9.59 Å². The third-order valence-corrected chi connectivity index (χ3v) is 11.5. The number of methoxy groups -OCH3 is 1. The largest absolute Gasteiger partial charge is 0.494 e. The van der Waals surface area contributed by atoms with Crippen molar-refractivity contribution in [2.75, 3.05) is 26.7 Å². The Kier molecular flexibility index (Phi) is 6.90. The first-order valence-electron chi connectivity index (χ1n) is 17.4. The fourth-order valence-corrected chi connectivity index (χ4v) is 8.64. The highest BCUT2D eigenvalue weighted by Crippen LogP contribution is 2.42. The lowest BCUT2D eigenvalue weighted by atomic mass is 9.89. The van der Waals surface area contributed by atoms with Crippen LogP contribution in [0.25, 0.3) is 33.5 Å². The van der Waals surface area contributed by atoms with Gasteiger partial charge in [-0.1, -0.05) is 48.5 Å². The zero-order valence-electron chi connectivity index (χ0n) is 27.6. The van der Waals surface area contributed by atoms with Crippen LogP contribution in [0.3, 0.4) is 0 Å². The molecule has 0 spiro atoms. The van der Waals surface area contributed by atoms with Gasteiger partial charge in [-0.3, -0.25) is 9.59 Å². The molecule has 3 atom stereocenters. The highest BCUT2D eigenvalue weighted by molar-refractivity contribution is 6.00. The number of piperidine rings is 1. The number of likely N-dealkylation sites (tertiary alicyclic amines) is 2. The van der Waals surface area contributed by atoms with Crippen molar-refractivity contribution in [3.8, 4) is 17.3 Å². The Bertz CT molecular complexity index is 2070. The Morgan fingerprint density at radius 1 is 0.938 bits per heavy atom. The molecule has 246 valence electrons. The first-order chi connectivity index (χ1) is 23.4. The van der Waals surface area contributed by atoms with Crippen molar-refractivity contribution in [3.63, 3.8) is 0 Å². The second kappa shape index (κ2) is 11.2. The van der Waals surface area contributed by atoms with E-state index in [0.29, 0.717) is 29.6 Å². The maximum absolute atomic E-state index is 13.8. The van der Waals surface area contributed by atoms with Crippen LogP contribution in [0.1, 0.15) is 53.1 Å². The van der Waals surface area contributed by atoms with Gasteiger partial charge in [-0.25, -0.2) is 4.98 Å². The number of carbonyl (C=O) groups excluding carboxylic acids is 2. The van der Waals surface area contributed by atoms with E-state index >= 15 is 0 Å². The SMILES string of the molecule is COc1cc(C(=O)N2C[C@H]3CC[C@@H]2C3N)cc2nc(-c3cc4cccc(C5CN(C(=O)Cc6ccccc6)C5)c4n3CC3CC3)n(C)c12. The predicted octanol–water partition coefficient (Wildman–Crippen LogP) is 5.34. The van der Waals surface area contributed by atoms with Gasteiger partial charge in [0.25, 0.3) is 5.91 Å². The molecule has 4 aliphatic rings. The summed E-state index contributed by atoms with van der Waals surface area (Å²) < 4.78 is 10.5. The quantitative estimate of drug-likeness (QED) is 0.246. The van der Waals surface area contributed by atoms with Gasteiger partial charge in [-0.05, 0) is 66.8 Å². The summed E-state index contributed by atoms with van der Waals surface area (Å²) in [4.78, 5) is 36.0. The maximum Gasteiger partial charge on any atom is 0.254 e. The molecule has 2 aliphatic heterocycles. The van der Waals surface area contributed by atoms with Crippen molar-refractivity contribution in [3.05, 3.63) is 83.4 Å². The molecule has 2 aromatic heterocycles. The molecule has 9 nitrogen and oxygen atoms in total. The Balaban J connectivity index is 1.07. The second-order valence-corrected chi connectivity index (χ2v) is 14.5. The first-order valence-corrected chi connectivity index (χ1v) is 17.4. The van der Waals surface area contributed by atoms with Gasteiger partial charge in [-0.15, -0.1) is 0 Å². The molecule has 9 rings (SSSR count). The molecule has 2 saturated carbocycles. The zero-order chi connectivity index (χ0) is 32.7. The van der Waals surface area contributed by atoms with E-state index in [1.165, 1.54) is 29.3 Å². The molecule has 2 amide bonds. The van der Waals surface area contributed by atoms with Crippen LogP contribution >= 0.6 is 0 Å². The summed E-state index contributed by atoms with van der Waals surface area (Å²) >= 11 is 0. The van der Waals surface area contributed by atoms with E-state index in [2.05, 4.69) is 33.4 Å². The Morgan fingerprint density at radius 3 is 2.46 bits per heavy atom. The van der Waals surface area contributed by atoms with Gasteiger partial charge in [0.2, 0.25) is 5.91 Å². The number of para-hydroxylation sites is 1. The van der Waals surface area contributed by atoms with E-state index in [-0.39, 0.29) is 29.8 Å². The minimum absolute atomic E-state index is 0.00864. The number of nitrogens with two attached hydrogens (primary N) is 1. The normalized spacial score (nSPS) is 22.2. The molecule has 2 N–H and O–H groups in total. The molecule has 2 saturated heterocycles. The summed E-state index contributed by atoms with van der Waals surface area (Å²) in [6.45, 7) is 3.13. The third-order valence-electron chi connectivity index (χ3n) is 11.5. The monoisotopic (exact) mass is 642 g/mol. The molecule has 9 heteroatoms. The van der Waals surface area contributed by atoms with Crippen molar-refractivity contribution in [1.82, 2.24) is 23.9 Å². The van der Waals surface area contributed by atoms with Gasteiger partial charge in [0.05, 0.1) is 30.3 Å². The van der Waals surface area contributed by atoms with Gasteiger partial charge in [0.15, 0.2) is 5.82 Å². The number of benzene rings is 3. The van der Waals surface area contributed by atoms with Gasteiger partial charge in [-0.2, -0.15) is 0 Å². The fraction of sp³-hybridized carbons (Fsp3) is 0.410. The minimum Gasteiger partial charge on any atom is -0.494 e. The Morgan fingerprint density at radius 2 is 1.75 bits per heavy atom. The van der Waals surface area contributed by atoms with Crippen LogP contribution < -0.4 is 10.5 Å². The number of carbonyl (C=O) groups is 2. The van der Waals surface area contributed by atoms with Crippen LogP contribution in [0, 0.1) is 11.8 Å². The average molecular weight is 643 g/mol. The molecule has 5 aromatic rings. The van der Waals surface area contributed by atoms with Crippen molar-refractivity contribution in [1.29, 1.82) is 0 Å². The number of hydrogen-bond donors (Lipinski definition) is 1. The standard InChI is InChI=1S/C39H42N6O3/c1-42-37-30(16-27(18-33(37)48-2)39(47)45-22-26-13-14-31(45)35(26)40)41-38(42)32-17-25-9-6-10-29(36(25)44(32)19-24-11-12-24)28-20-43(21-28)34(46)15-23-7-4-3-5-8-23/h3-10,16-18,24,26,28,31,35H,11-15,19-22,40H2,1-2H3/t26-,31-,35?/m1/s1. The number of nitrogens with zero attached hydrogens (tertiary/aromatic N) is 5. The number of ether oxygens (including phenoxy) is 1. The summed E-state index contributed by atoms with van der Waals surface area (Å²) in [6.07, 6.45) is 4.98. The summed E-state index contributed by atoms with van der Waals surface area (Å²) in [5, 5.41) is 1.19. The highest BCUT2D eigenvalue weighted by atomic mass is 16.5. The lowest BCUT2D eigenvalue weighted by Gasteiger charge is -2.40. The summed E-state index contributed by atoms with van der Waals surface area (Å²) in [5.41, 5.74) is 13.3. The molecule has 2 bridgehead atoms. The van der Waals surface area contributed by atoms with Crippen LogP contribution in [0.15, 0.2) is 66.7 Å². The predicted molar refractivity (Wildman–Crippen MR) is 186 cm³/mol. The van der Waals surface area contributed by atoms with Crippen molar-refractivity contribution in [2.45, 2.75) is 56.7 Å². The van der Waals surface area contributed by atoms with E-state index < -0.39 is 0 Å². The van der Waals surface area contributed by atoms with E-state index in [0.717, 1.165) is 67.1 Å². The van der Waals surface area contributed by atoms with E-state index in [1.807, 2.05) is 59.3 Å². The molecular formula is C39H42N6O3. The van der Waals surface area contributed by atoms with Gasteiger partial charge in [0.1, 0.15) is 11.3 Å². The van der Waals surface area contributed by atoms with Crippen LogP contribution in [0.4, 0.5) is 0 Å². The van der Waals surface area contributed by atoms with Crippen LogP contribution in [-0.2, 0) is 24.8 Å². The van der Waals surface area contributed by atoms with Gasteiger partial charge in [0, 0.05) is 62.2 Å². The molecule has 3 aromatic carbocycles. The highest BCUT2D eigenvalue weighted by Gasteiger charge is 2.47. The smallest absolute Gasteiger partial charge is 0.254 e. The number of amides is 2. The topological polar surface area (TPSA) is 98.6 Å². The van der Waals surface area contributed by atoms with Crippen molar-refractivity contribution >= 4 is 33.8 Å². The van der Waals surface area contributed by atoms with Crippen LogP contribution in [-0.4, -0.2) is 74.6 Å². The van der Waals surface area contributed by atoms with Crippen LogP contribution in [0.2, 0.25) is 0 Å². The second-order valence-electron chi connectivity index (χ2n) is 14.5. The number of aromatic nitrogens is 3. The van der Waals surface area contributed by atoms with Crippen molar-refractivity contribution in [2.24, 2.45) is 24.6 Å². The molecule has 0 radical (unpaired) electrons. The lowest BCUT2D eigenvalue weighted by Crippen LogP contribution is -2.49. The summed E-state index contributed by atoms with van der Waals surface area (Å²) in [5.74, 6) is 3.02. The van der Waals surface area contributed by atoms with Gasteiger partial charge >= 0.3 is 0 Å². The fourth-order valence-electron chi connectivity index (χ4n) is 8.64. The molecule has 4 fully saturated rings. The molecule has 2 aliphatic carbocycles. The van der Waals surface area contributed by atoms with Crippen molar-refractivity contribution < 1.29 is 14.3 Å². The van der Waals surface area contributed by atoms with Crippen LogP contribution in [0.5, 0.6) is 5.75 Å². The van der Waals surface area contributed by atoms with Gasteiger partial charge < -0.3 is 29.4 Å². The third kappa shape index (κ3) is 4.73. The summed E-state index contributed by atoms with van der Waals surface area (Å²) in [6, 6.07) is 22.8. The maximum atomic E-state index is 13.8. The Labute approximate surface area is 280 Å². The molecule has 4 heterocycles. The van der Waals surface area contributed by atoms with E-state index in [1.54, 1.807) is 7.11 Å². The molecule has 48 heavy (non-hydrogen) atoms. The Hall–Kier alpha value is -4.63. The number of aryl methyl sites for hydroxylation is 1. The number of fused-ring (bicyclic) bond motifs is 4. The first kappa shape index (κ1) is 29.5. The molecular weight excluding hydrogens is 600 g/mol. The summed E-state index contributed by atoms with van der Waals surface area (Å²) in [7, 11) is 3.70. The number of rotatable bonds is 8. The molecule has 1 unspecified atom stereocenters. The lowest BCUT2D eigenvalue weighted by molar-refractivity contribution is -0.134. The number of hydrogen-bond acceptors (Lipinski definition) is 5. The zero-order valence-corrected chi connectivity index (χ0v) is 27.6. The average Bonchev–Trinajstić information content (AvgIpc) is 3.46. The minimum atomic E-state index is 0.00864.